The Morgan fingerprint density at radius 2 is 2.35 bits per heavy atom. The van der Waals surface area contributed by atoms with E-state index in [1.807, 2.05) is 19.2 Å². The van der Waals surface area contributed by atoms with Crippen LogP contribution in [-0.4, -0.2) is 33.5 Å². The topological polar surface area (TPSA) is 53.4 Å². The second kappa shape index (κ2) is 6.84. The van der Waals surface area contributed by atoms with Crippen LogP contribution in [0, 0.1) is 6.92 Å². The third kappa shape index (κ3) is 3.37. The lowest BCUT2D eigenvalue weighted by Crippen LogP contribution is -2.39. The van der Waals surface area contributed by atoms with Crippen LogP contribution in [0.2, 0.25) is 0 Å². The van der Waals surface area contributed by atoms with E-state index in [4.69, 9.17) is 0 Å². The van der Waals surface area contributed by atoms with E-state index in [1.165, 1.54) is 0 Å². The van der Waals surface area contributed by atoms with Crippen LogP contribution in [0.1, 0.15) is 56.3 Å². The van der Waals surface area contributed by atoms with Gasteiger partial charge in [-0.2, -0.15) is 0 Å². The summed E-state index contributed by atoms with van der Waals surface area (Å²) in [7, 11) is 0. The molecule has 110 valence electrons. The van der Waals surface area contributed by atoms with Gasteiger partial charge in [0.2, 0.25) is 0 Å². The molecule has 2 heterocycles. The highest BCUT2D eigenvalue weighted by Gasteiger charge is 2.36. The summed E-state index contributed by atoms with van der Waals surface area (Å²) >= 11 is 0. The second-order valence-electron chi connectivity index (χ2n) is 5.65. The predicted octanol–water partition coefficient (Wildman–Crippen LogP) is 3.17. The van der Waals surface area contributed by atoms with Gasteiger partial charge in [0.15, 0.2) is 0 Å². The van der Waals surface area contributed by atoms with Gasteiger partial charge >= 0.3 is 5.97 Å². The second-order valence-corrected chi connectivity index (χ2v) is 5.65. The molecule has 0 spiro atoms. The zero-order valence-electron chi connectivity index (χ0n) is 12.4. The largest absolute Gasteiger partial charge is 0.480 e. The highest BCUT2D eigenvalue weighted by molar-refractivity contribution is 5.73. The summed E-state index contributed by atoms with van der Waals surface area (Å²) in [5.74, 6) is -0.698. The van der Waals surface area contributed by atoms with Crippen LogP contribution < -0.4 is 0 Å². The molecule has 4 nitrogen and oxygen atoms in total. The Hall–Kier alpha value is -1.42. The van der Waals surface area contributed by atoms with E-state index >= 15 is 0 Å². The minimum absolute atomic E-state index is 0.138. The summed E-state index contributed by atoms with van der Waals surface area (Å²) in [6.07, 6.45) is 6.79. The SMILES string of the molecule is CCCCC(c1ccc(C)cn1)N1CCCC1C(=O)O. The van der Waals surface area contributed by atoms with Crippen LogP contribution in [-0.2, 0) is 4.79 Å². The number of aliphatic carboxylic acids is 1. The Morgan fingerprint density at radius 1 is 1.55 bits per heavy atom. The molecular weight excluding hydrogens is 252 g/mol. The predicted molar refractivity (Wildman–Crippen MR) is 78.6 cm³/mol. The molecule has 1 aromatic heterocycles. The van der Waals surface area contributed by atoms with E-state index < -0.39 is 5.97 Å². The van der Waals surface area contributed by atoms with Gasteiger partial charge in [0.05, 0.1) is 11.7 Å². The van der Waals surface area contributed by atoms with Gasteiger partial charge in [-0.3, -0.25) is 14.7 Å². The van der Waals surface area contributed by atoms with Crippen LogP contribution in [0.15, 0.2) is 18.3 Å². The van der Waals surface area contributed by atoms with E-state index in [-0.39, 0.29) is 12.1 Å². The van der Waals surface area contributed by atoms with Crippen LogP contribution in [0.4, 0.5) is 0 Å². The van der Waals surface area contributed by atoms with Crippen molar-refractivity contribution in [1.29, 1.82) is 0 Å². The van der Waals surface area contributed by atoms with Crippen LogP contribution >= 0.6 is 0 Å². The molecule has 0 aromatic carbocycles. The quantitative estimate of drug-likeness (QED) is 0.867. The van der Waals surface area contributed by atoms with E-state index in [1.54, 1.807) is 0 Å². The van der Waals surface area contributed by atoms with Crippen molar-refractivity contribution in [2.75, 3.05) is 6.54 Å². The van der Waals surface area contributed by atoms with Crippen molar-refractivity contribution in [3.63, 3.8) is 0 Å². The molecule has 20 heavy (non-hydrogen) atoms. The van der Waals surface area contributed by atoms with Gasteiger partial charge < -0.3 is 5.11 Å². The van der Waals surface area contributed by atoms with E-state index in [9.17, 15) is 9.90 Å². The van der Waals surface area contributed by atoms with E-state index in [2.05, 4.69) is 22.9 Å². The normalized spacial score (nSPS) is 21.0. The molecule has 0 saturated carbocycles. The summed E-state index contributed by atoms with van der Waals surface area (Å²) in [6, 6.07) is 3.90. The minimum Gasteiger partial charge on any atom is -0.480 e. The fourth-order valence-corrected chi connectivity index (χ4v) is 2.98. The number of aryl methyl sites for hydroxylation is 1. The number of nitrogens with zero attached hydrogens (tertiary/aromatic N) is 2. The van der Waals surface area contributed by atoms with Gasteiger partial charge in [0.1, 0.15) is 6.04 Å². The highest BCUT2D eigenvalue weighted by Crippen LogP contribution is 2.32. The first-order valence-electron chi connectivity index (χ1n) is 7.54. The molecule has 0 aliphatic carbocycles. The Labute approximate surface area is 120 Å². The average molecular weight is 276 g/mol. The first kappa shape index (κ1) is 15.0. The van der Waals surface area contributed by atoms with Crippen molar-refractivity contribution in [2.45, 2.75) is 58.0 Å². The summed E-state index contributed by atoms with van der Waals surface area (Å²) in [6.45, 7) is 5.05. The number of hydrogen-bond acceptors (Lipinski definition) is 3. The van der Waals surface area contributed by atoms with Crippen LogP contribution in [0.25, 0.3) is 0 Å². The standard InChI is InChI=1S/C16H24N2O2/c1-3-4-6-14(13-9-8-12(2)11-17-13)18-10-5-7-15(18)16(19)20/h8-9,11,14-15H,3-7,10H2,1-2H3,(H,19,20). The third-order valence-corrected chi connectivity index (χ3v) is 4.09. The maximum absolute atomic E-state index is 11.4. The Balaban J connectivity index is 2.22. The summed E-state index contributed by atoms with van der Waals surface area (Å²) in [5, 5.41) is 9.39. The fraction of sp³-hybridized carbons (Fsp3) is 0.625. The van der Waals surface area contributed by atoms with Gasteiger partial charge in [0, 0.05) is 6.20 Å². The fourth-order valence-electron chi connectivity index (χ4n) is 2.98. The smallest absolute Gasteiger partial charge is 0.320 e. The molecule has 0 amide bonds. The number of pyridine rings is 1. The molecule has 1 fully saturated rings. The molecule has 0 bridgehead atoms. The maximum atomic E-state index is 11.4. The van der Waals surface area contributed by atoms with Crippen molar-refractivity contribution < 1.29 is 9.90 Å². The Kier molecular flexibility index (Phi) is 5.12. The zero-order valence-corrected chi connectivity index (χ0v) is 12.4. The van der Waals surface area contributed by atoms with Crippen molar-refractivity contribution in [1.82, 2.24) is 9.88 Å². The number of carbonyl (C=O) groups is 1. The molecule has 1 aliphatic rings. The Bertz CT molecular complexity index is 444. The molecule has 0 radical (unpaired) electrons. The zero-order chi connectivity index (χ0) is 14.5. The summed E-state index contributed by atoms with van der Waals surface area (Å²) < 4.78 is 0. The van der Waals surface area contributed by atoms with E-state index in [0.29, 0.717) is 0 Å². The first-order chi connectivity index (χ1) is 9.63. The lowest BCUT2D eigenvalue weighted by molar-refractivity contribution is -0.143. The molecule has 1 saturated heterocycles. The molecule has 2 rings (SSSR count). The number of carboxylic acids is 1. The average Bonchev–Trinajstić information content (AvgIpc) is 2.90. The number of unbranched alkanes of at least 4 members (excludes halogenated alkanes) is 1. The molecule has 1 N–H and O–H groups in total. The number of carboxylic acid groups (broad SMARTS) is 1. The maximum Gasteiger partial charge on any atom is 0.320 e. The van der Waals surface area contributed by atoms with E-state index in [0.717, 1.165) is 49.9 Å². The highest BCUT2D eigenvalue weighted by atomic mass is 16.4. The number of aromatic nitrogens is 1. The van der Waals surface area contributed by atoms with Gasteiger partial charge in [0.25, 0.3) is 0 Å². The van der Waals surface area contributed by atoms with Crippen molar-refractivity contribution in [3.8, 4) is 0 Å². The van der Waals surface area contributed by atoms with Crippen LogP contribution in [0.5, 0.6) is 0 Å². The number of likely N-dealkylation sites (tertiary alicyclic amines) is 1. The minimum atomic E-state index is -0.698. The Morgan fingerprint density at radius 3 is 2.95 bits per heavy atom. The van der Waals surface area contributed by atoms with Crippen molar-refractivity contribution in [2.24, 2.45) is 0 Å². The summed E-state index contributed by atoms with van der Waals surface area (Å²) in [4.78, 5) is 18.1. The van der Waals surface area contributed by atoms with Gasteiger partial charge in [-0.1, -0.05) is 25.8 Å². The molecule has 2 unspecified atom stereocenters. The number of rotatable bonds is 6. The van der Waals surface area contributed by atoms with Crippen molar-refractivity contribution >= 4 is 5.97 Å². The van der Waals surface area contributed by atoms with Crippen LogP contribution in [0.3, 0.4) is 0 Å². The molecular formula is C16H24N2O2. The molecule has 1 aliphatic heterocycles. The first-order valence-corrected chi connectivity index (χ1v) is 7.54. The van der Waals surface area contributed by atoms with Gasteiger partial charge in [-0.25, -0.2) is 0 Å². The summed E-state index contributed by atoms with van der Waals surface area (Å²) in [5.41, 5.74) is 2.15. The number of hydrogen-bond donors (Lipinski definition) is 1. The molecule has 2 atom stereocenters. The third-order valence-electron chi connectivity index (χ3n) is 4.09. The molecule has 1 aromatic rings. The monoisotopic (exact) mass is 276 g/mol. The lowest BCUT2D eigenvalue weighted by Gasteiger charge is -2.30. The van der Waals surface area contributed by atoms with Crippen molar-refractivity contribution in [3.05, 3.63) is 29.6 Å². The molecule has 4 heteroatoms. The van der Waals surface area contributed by atoms with Gasteiger partial charge in [-0.15, -0.1) is 0 Å². The lowest BCUT2D eigenvalue weighted by atomic mass is 10.0. The van der Waals surface area contributed by atoms with Gasteiger partial charge in [-0.05, 0) is 44.4 Å².